The normalized spacial score (nSPS) is 9.50. The first-order valence-electron chi connectivity index (χ1n) is 4.50. The SMILES string of the molecule is O=CCN(Cc1ccncc1)C(=O)C(=O)O. The quantitative estimate of drug-likeness (QED) is 0.558. The molecule has 0 spiro atoms. The molecular formula is C10H10N2O4. The lowest BCUT2D eigenvalue weighted by atomic mass is 10.2. The van der Waals surface area contributed by atoms with E-state index in [-0.39, 0.29) is 13.1 Å². The van der Waals surface area contributed by atoms with Crippen LogP contribution in [0.2, 0.25) is 0 Å². The third-order valence-electron chi connectivity index (χ3n) is 1.89. The van der Waals surface area contributed by atoms with Crippen molar-refractivity contribution in [2.75, 3.05) is 6.54 Å². The second-order valence-electron chi connectivity index (χ2n) is 3.01. The molecule has 0 aliphatic carbocycles. The van der Waals surface area contributed by atoms with Gasteiger partial charge in [0.1, 0.15) is 6.29 Å². The van der Waals surface area contributed by atoms with Gasteiger partial charge >= 0.3 is 11.9 Å². The minimum atomic E-state index is -1.57. The molecule has 1 aromatic rings. The molecule has 0 bridgehead atoms. The number of carboxylic acids is 1. The second kappa shape index (κ2) is 5.59. The van der Waals surface area contributed by atoms with Gasteiger partial charge in [-0.05, 0) is 17.7 Å². The molecule has 1 aromatic heterocycles. The van der Waals surface area contributed by atoms with E-state index < -0.39 is 11.9 Å². The fourth-order valence-corrected chi connectivity index (χ4v) is 1.15. The fourth-order valence-electron chi connectivity index (χ4n) is 1.15. The number of carbonyl (C=O) groups excluding carboxylic acids is 2. The highest BCUT2D eigenvalue weighted by Crippen LogP contribution is 2.02. The molecule has 0 saturated heterocycles. The summed E-state index contributed by atoms with van der Waals surface area (Å²) in [4.78, 5) is 36.7. The molecule has 0 aliphatic heterocycles. The van der Waals surface area contributed by atoms with Crippen molar-refractivity contribution in [3.8, 4) is 0 Å². The molecule has 6 heteroatoms. The van der Waals surface area contributed by atoms with Crippen LogP contribution in [-0.4, -0.2) is 39.7 Å². The maximum atomic E-state index is 11.2. The predicted octanol–water partition coefficient (Wildman–Crippen LogP) is -0.306. The molecule has 6 nitrogen and oxygen atoms in total. The van der Waals surface area contributed by atoms with Crippen LogP contribution in [0.4, 0.5) is 0 Å². The van der Waals surface area contributed by atoms with E-state index in [0.717, 1.165) is 4.90 Å². The van der Waals surface area contributed by atoms with Crippen molar-refractivity contribution in [2.45, 2.75) is 6.54 Å². The minimum absolute atomic E-state index is 0.0758. The molecular weight excluding hydrogens is 212 g/mol. The number of hydrogen-bond acceptors (Lipinski definition) is 4. The van der Waals surface area contributed by atoms with Crippen LogP contribution in [-0.2, 0) is 20.9 Å². The van der Waals surface area contributed by atoms with E-state index in [1.54, 1.807) is 12.1 Å². The summed E-state index contributed by atoms with van der Waals surface area (Å²) >= 11 is 0. The van der Waals surface area contributed by atoms with E-state index >= 15 is 0 Å². The third kappa shape index (κ3) is 3.16. The van der Waals surface area contributed by atoms with Gasteiger partial charge in [-0.3, -0.25) is 9.78 Å². The Morgan fingerprint density at radius 3 is 2.50 bits per heavy atom. The Balaban J connectivity index is 2.76. The van der Waals surface area contributed by atoms with Crippen LogP contribution in [0.5, 0.6) is 0 Å². The van der Waals surface area contributed by atoms with Gasteiger partial charge < -0.3 is 14.8 Å². The van der Waals surface area contributed by atoms with E-state index in [2.05, 4.69) is 4.98 Å². The monoisotopic (exact) mass is 222 g/mol. The molecule has 0 saturated carbocycles. The average molecular weight is 222 g/mol. The van der Waals surface area contributed by atoms with Gasteiger partial charge in [-0.25, -0.2) is 4.79 Å². The van der Waals surface area contributed by atoms with Crippen LogP contribution < -0.4 is 0 Å². The summed E-state index contributed by atoms with van der Waals surface area (Å²) < 4.78 is 0. The lowest BCUT2D eigenvalue weighted by molar-refractivity contribution is -0.156. The molecule has 0 radical (unpaired) electrons. The van der Waals surface area contributed by atoms with E-state index in [0.29, 0.717) is 11.8 Å². The molecule has 0 unspecified atom stereocenters. The Labute approximate surface area is 91.5 Å². The third-order valence-corrected chi connectivity index (χ3v) is 1.89. The van der Waals surface area contributed by atoms with Crippen LogP contribution in [0.15, 0.2) is 24.5 Å². The maximum absolute atomic E-state index is 11.2. The number of hydrogen-bond donors (Lipinski definition) is 1. The molecule has 1 N–H and O–H groups in total. The smallest absolute Gasteiger partial charge is 0.394 e. The van der Waals surface area contributed by atoms with E-state index in [1.807, 2.05) is 0 Å². The van der Waals surface area contributed by atoms with E-state index in [9.17, 15) is 14.4 Å². The van der Waals surface area contributed by atoms with Crippen molar-refractivity contribution in [3.63, 3.8) is 0 Å². The summed E-state index contributed by atoms with van der Waals surface area (Å²) in [5, 5.41) is 8.54. The van der Waals surface area contributed by atoms with Crippen molar-refractivity contribution < 1.29 is 19.5 Å². The number of carboxylic acid groups (broad SMARTS) is 1. The van der Waals surface area contributed by atoms with Gasteiger partial charge in [0.15, 0.2) is 0 Å². The first-order chi connectivity index (χ1) is 7.65. The highest BCUT2D eigenvalue weighted by Gasteiger charge is 2.20. The minimum Gasteiger partial charge on any atom is -0.474 e. The van der Waals surface area contributed by atoms with Gasteiger partial charge in [0, 0.05) is 18.9 Å². The average Bonchev–Trinajstić information content (AvgIpc) is 2.29. The summed E-state index contributed by atoms with van der Waals surface area (Å²) in [6.45, 7) is -0.167. The van der Waals surface area contributed by atoms with Crippen molar-refractivity contribution in [2.24, 2.45) is 0 Å². The summed E-state index contributed by atoms with van der Waals surface area (Å²) in [5.41, 5.74) is 0.714. The van der Waals surface area contributed by atoms with Crippen LogP contribution in [0.1, 0.15) is 5.56 Å². The lowest BCUT2D eigenvalue weighted by Gasteiger charge is -2.17. The molecule has 0 aliphatic rings. The van der Waals surface area contributed by atoms with Crippen molar-refractivity contribution >= 4 is 18.2 Å². The molecule has 84 valence electrons. The van der Waals surface area contributed by atoms with Crippen LogP contribution in [0, 0.1) is 0 Å². The van der Waals surface area contributed by atoms with Crippen LogP contribution in [0.3, 0.4) is 0 Å². The first-order valence-corrected chi connectivity index (χ1v) is 4.50. The first kappa shape index (κ1) is 11.8. The summed E-state index contributed by atoms with van der Waals surface area (Å²) in [7, 11) is 0. The topological polar surface area (TPSA) is 87.6 Å². The second-order valence-corrected chi connectivity index (χ2v) is 3.01. The number of carbonyl (C=O) groups is 3. The Hall–Kier alpha value is -2.24. The Kier molecular flexibility index (Phi) is 4.14. The Morgan fingerprint density at radius 1 is 1.38 bits per heavy atom. The molecule has 0 aromatic carbocycles. The van der Waals surface area contributed by atoms with Gasteiger partial charge in [0.25, 0.3) is 0 Å². The number of aldehydes is 1. The van der Waals surface area contributed by atoms with E-state index in [1.165, 1.54) is 12.4 Å². The van der Waals surface area contributed by atoms with Gasteiger partial charge in [0.05, 0.1) is 6.54 Å². The van der Waals surface area contributed by atoms with Gasteiger partial charge in [0.2, 0.25) is 0 Å². The number of rotatable bonds is 4. The molecule has 1 rings (SSSR count). The molecule has 0 atom stereocenters. The standard InChI is InChI=1S/C10H10N2O4/c13-6-5-12(9(14)10(15)16)7-8-1-3-11-4-2-8/h1-4,6H,5,7H2,(H,15,16). The number of aromatic nitrogens is 1. The highest BCUT2D eigenvalue weighted by atomic mass is 16.4. The zero-order chi connectivity index (χ0) is 12.0. The van der Waals surface area contributed by atoms with Crippen LogP contribution in [0.25, 0.3) is 0 Å². The van der Waals surface area contributed by atoms with Crippen molar-refractivity contribution in [3.05, 3.63) is 30.1 Å². The Bertz CT molecular complexity index is 391. The highest BCUT2D eigenvalue weighted by molar-refractivity contribution is 6.31. The molecule has 16 heavy (non-hydrogen) atoms. The maximum Gasteiger partial charge on any atom is 0.394 e. The van der Waals surface area contributed by atoms with Gasteiger partial charge in [-0.2, -0.15) is 0 Å². The van der Waals surface area contributed by atoms with Crippen molar-refractivity contribution in [1.29, 1.82) is 0 Å². The Morgan fingerprint density at radius 2 is 2.00 bits per heavy atom. The molecule has 1 amide bonds. The number of nitrogens with zero attached hydrogens (tertiary/aromatic N) is 2. The summed E-state index contributed by atoms with van der Waals surface area (Å²) in [6.07, 6.45) is 3.54. The zero-order valence-electron chi connectivity index (χ0n) is 8.37. The number of pyridine rings is 1. The summed E-state index contributed by atoms with van der Waals surface area (Å²) in [6, 6.07) is 3.29. The van der Waals surface area contributed by atoms with Crippen molar-refractivity contribution in [1.82, 2.24) is 9.88 Å². The largest absolute Gasteiger partial charge is 0.474 e. The van der Waals surface area contributed by atoms with Gasteiger partial charge in [-0.1, -0.05) is 0 Å². The number of aliphatic carboxylic acids is 1. The van der Waals surface area contributed by atoms with Gasteiger partial charge in [-0.15, -0.1) is 0 Å². The zero-order valence-corrected chi connectivity index (χ0v) is 8.37. The summed E-state index contributed by atoms with van der Waals surface area (Å²) in [5.74, 6) is -2.67. The predicted molar refractivity (Wildman–Crippen MR) is 53.4 cm³/mol. The van der Waals surface area contributed by atoms with E-state index in [4.69, 9.17) is 5.11 Å². The van der Waals surface area contributed by atoms with Crippen LogP contribution >= 0.6 is 0 Å². The molecule has 1 heterocycles. The lowest BCUT2D eigenvalue weighted by Crippen LogP contribution is -2.37. The number of amides is 1. The molecule has 0 fully saturated rings. The fraction of sp³-hybridized carbons (Fsp3) is 0.200.